The second-order valence-corrected chi connectivity index (χ2v) is 6.09. The Morgan fingerprint density at radius 2 is 0.905 bits per heavy atom. The third-order valence-corrected chi connectivity index (χ3v) is 3.99. The van der Waals surface area contributed by atoms with Crippen LogP contribution in [0.15, 0.2) is 0 Å². The first-order chi connectivity index (χ1) is 9.77. The summed E-state index contributed by atoms with van der Waals surface area (Å²) in [7, 11) is 0. The Morgan fingerprint density at radius 3 is 1.19 bits per heavy atom. The van der Waals surface area contributed by atoms with Crippen LogP contribution < -0.4 is 0 Å². The molecule has 0 saturated heterocycles. The summed E-state index contributed by atoms with van der Waals surface area (Å²) in [4.78, 5) is 10.3. The van der Waals surface area contributed by atoms with E-state index in [0.717, 1.165) is 12.8 Å². The first-order valence-corrected chi connectivity index (χ1v) is 8.99. The van der Waals surface area contributed by atoms with E-state index in [4.69, 9.17) is 5.11 Å². The average Bonchev–Trinajstić information content (AvgIpc) is 2.43. The van der Waals surface area contributed by atoms with Gasteiger partial charge in [0.05, 0.1) is 0 Å². The Kier molecular flexibility index (Phi) is 21.0. The molecule has 0 aromatic rings. The molecule has 126 valence electrons. The minimum Gasteiger partial charge on any atom is -0.481 e. The van der Waals surface area contributed by atoms with Gasteiger partial charge in [-0.15, -0.1) is 0 Å². The van der Waals surface area contributed by atoms with Gasteiger partial charge in [0, 0.05) is 11.9 Å². The molecule has 3 heteroatoms. The lowest BCUT2D eigenvalue weighted by atomic mass is 10.0. The van der Waals surface area contributed by atoms with E-state index in [1.807, 2.05) is 0 Å². The van der Waals surface area contributed by atoms with Crippen molar-refractivity contribution >= 4 is 5.97 Å². The molecule has 0 aromatic heterocycles. The minimum atomic E-state index is -0.653. The molecule has 0 aliphatic heterocycles. The van der Waals surface area contributed by atoms with Gasteiger partial charge >= 0.3 is 5.97 Å². The lowest BCUT2D eigenvalue weighted by Crippen LogP contribution is -1.93. The number of rotatable bonds is 16. The molecule has 21 heavy (non-hydrogen) atoms. The summed E-state index contributed by atoms with van der Waals surface area (Å²) in [6.07, 6.45) is 20.2. The van der Waals surface area contributed by atoms with Gasteiger partial charge in [-0.2, -0.15) is 0 Å². The summed E-state index contributed by atoms with van der Waals surface area (Å²) in [5.41, 5.74) is 0. The van der Waals surface area contributed by atoms with Gasteiger partial charge in [-0.1, -0.05) is 96.8 Å². The van der Waals surface area contributed by atoms with Crippen LogP contribution in [-0.2, 0) is 10.3 Å². The van der Waals surface area contributed by atoms with Crippen LogP contribution in [0.1, 0.15) is 110 Å². The molecule has 0 fully saturated rings. The van der Waals surface area contributed by atoms with E-state index < -0.39 is 5.97 Å². The molecular weight excluding hydrogens is 264 g/mol. The average molecular weight is 300 g/mol. The Bertz CT molecular complexity index is 205. The summed E-state index contributed by atoms with van der Waals surface area (Å²) in [6, 6.07) is 0. The second kappa shape index (κ2) is 19.4. The Labute approximate surface area is 131 Å². The van der Waals surface area contributed by atoms with Crippen LogP contribution in [0.4, 0.5) is 0 Å². The Hall–Kier alpha value is -0.570. The molecule has 0 spiro atoms. The van der Waals surface area contributed by atoms with Crippen LogP contribution in [0.2, 0.25) is 0 Å². The molecule has 0 aromatic carbocycles. The van der Waals surface area contributed by atoms with Crippen LogP contribution >= 0.6 is 0 Å². The molecule has 0 rings (SSSR count). The van der Waals surface area contributed by atoms with Crippen molar-refractivity contribution in [2.75, 3.05) is 0 Å². The third kappa shape index (κ3) is 21.9. The van der Waals surface area contributed by atoms with Gasteiger partial charge in [-0.3, -0.25) is 4.79 Å². The fourth-order valence-corrected chi connectivity index (χ4v) is 2.65. The van der Waals surface area contributed by atoms with Crippen LogP contribution in [0.5, 0.6) is 0 Å². The monoisotopic (exact) mass is 300 g/mol. The van der Waals surface area contributed by atoms with E-state index in [9.17, 15) is 4.79 Å². The highest BCUT2D eigenvalue weighted by Crippen LogP contribution is 2.13. The number of aliphatic carboxylic acids is 1. The highest BCUT2D eigenvalue weighted by molar-refractivity contribution is 5.66. The molecule has 3 nitrogen and oxygen atoms in total. The molecule has 0 aliphatic rings. The number of hydrogen-bond donors (Lipinski definition) is 1. The summed E-state index contributed by atoms with van der Waals surface area (Å²) in [5.74, 6) is -0.653. The van der Waals surface area contributed by atoms with Gasteiger partial charge in [-0.05, 0) is 6.42 Å². The lowest BCUT2D eigenvalue weighted by molar-refractivity contribution is -0.137. The zero-order chi connectivity index (χ0) is 14.9. The maximum atomic E-state index is 10.3. The maximum Gasteiger partial charge on any atom is 0.303 e. The van der Waals surface area contributed by atoms with Crippen molar-refractivity contribution < 1.29 is 15.4 Å². The van der Waals surface area contributed by atoms with E-state index in [1.165, 1.54) is 83.5 Å². The Morgan fingerprint density at radius 1 is 0.619 bits per heavy atom. The predicted octanol–water partition coefficient (Wildman–Crippen LogP) is 6.21. The normalized spacial score (nSPS) is 10.3. The fourth-order valence-electron chi connectivity index (χ4n) is 2.65. The quantitative estimate of drug-likeness (QED) is 0.344. The molecule has 0 unspecified atom stereocenters. The molecule has 0 atom stereocenters. The first kappa shape index (κ1) is 22.7. The van der Waals surface area contributed by atoms with Gasteiger partial charge in [-0.25, -0.2) is 0 Å². The minimum absolute atomic E-state index is 0. The van der Waals surface area contributed by atoms with E-state index in [0.29, 0.717) is 6.42 Å². The molecule has 2 radical (unpaired) electrons. The number of carboxylic acid groups (broad SMARTS) is 1. The number of unbranched alkanes of at least 4 members (excludes halogenated alkanes) is 14. The predicted molar refractivity (Wildman–Crippen MR) is 87.9 cm³/mol. The van der Waals surface area contributed by atoms with Gasteiger partial charge in [0.2, 0.25) is 0 Å². The topological polar surface area (TPSA) is 65.8 Å². The van der Waals surface area contributed by atoms with Crippen molar-refractivity contribution in [2.24, 2.45) is 0 Å². The Balaban J connectivity index is 0. The number of carbonyl (C=O) groups is 1. The SMILES string of the molecule is CCCCCCCCCCCCCCCCCC(=O)O.[O]. The molecule has 0 amide bonds. The number of hydrogen-bond acceptors (Lipinski definition) is 1. The van der Waals surface area contributed by atoms with Crippen molar-refractivity contribution in [2.45, 2.75) is 110 Å². The highest BCUT2D eigenvalue weighted by atomic mass is 16.4. The van der Waals surface area contributed by atoms with Crippen molar-refractivity contribution in [3.05, 3.63) is 0 Å². The zero-order valence-electron chi connectivity index (χ0n) is 14.1. The van der Waals surface area contributed by atoms with E-state index in [1.54, 1.807) is 0 Å². The summed E-state index contributed by atoms with van der Waals surface area (Å²) < 4.78 is 0. The van der Waals surface area contributed by atoms with Crippen molar-refractivity contribution in [1.82, 2.24) is 0 Å². The van der Waals surface area contributed by atoms with Crippen LogP contribution in [0.3, 0.4) is 0 Å². The largest absolute Gasteiger partial charge is 0.481 e. The van der Waals surface area contributed by atoms with Gasteiger partial charge in [0.1, 0.15) is 0 Å². The van der Waals surface area contributed by atoms with Crippen molar-refractivity contribution in [3.63, 3.8) is 0 Å². The smallest absolute Gasteiger partial charge is 0.303 e. The van der Waals surface area contributed by atoms with Crippen molar-refractivity contribution in [3.8, 4) is 0 Å². The van der Waals surface area contributed by atoms with Crippen LogP contribution in [0.25, 0.3) is 0 Å². The molecule has 1 N–H and O–H groups in total. The standard InChI is InChI=1S/C18H36O2.O/c1-2-3-4-5-6-7-8-9-10-11-12-13-14-15-16-17-18(19)20;/h2-17H2,1H3,(H,19,20);. The summed E-state index contributed by atoms with van der Waals surface area (Å²) in [5, 5.41) is 8.52. The summed E-state index contributed by atoms with van der Waals surface area (Å²) >= 11 is 0. The number of carboxylic acids is 1. The zero-order valence-corrected chi connectivity index (χ0v) is 14.1. The molecule has 0 bridgehead atoms. The van der Waals surface area contributed by atoms with E-state index in [-0.39, 0.29) is 5.48 Å². The van der Waals surface area contributed by atoms with E-state index in [2.05, 4.69) is 6.92 Å². The highest BCUT2D eigenvalue weighted by Gasteiger charge is 1.97. The second-order valence-electron chi connectivity index (χ2n) is 6.09. The maximum absolute atomic E-state index is 10.3. The lowest BCUT2D eigenvalue weighted by Gasteiger charge is -2.03. The van der Waals surface area contributed by atoms with E-state index >= 15 is 0 Å². The molecule has 0 aliphatic carbocycles. The molecule has 0 saturated carbocycles. The summed E-state index contributed by atoms with van der Waals surface area (Å²) in [6.45, 7) is 2.27. The molecule has 0 heterocycles. The van der Waals surface area contributed by atoms with Gasteiger partial charge in [0.15, 0.2) is 0 Å². The molecular formula is C18H36O3. The van der Waals surface area contributed by atoms with Gasteiger partial charge < -0.3 is 5.11 Å². The first-order valence-electron chi connectivity index (χ1n) is 8.99. The fraction of sp³-hybridized carbons (Fsp3) is 0.944. The van der Waals surface area contributed by atoms with Crippen LogP contribution in [0, 0.1) is 0 Å². The van der Waals surface area contributed by atoms with Crippen LogP contribution in [-0.4, -0.2) is 11.1 Å². The van der Waals surface area contributed by atoms with Gasteiger partial charge in [0.25, 0.3) is 0 Å². The third-order valence-electron chi connectivity index (χ3n) is 3.99. The van der Waals surface area contributed by atoms with Crippen molar-refractivity contribution in [1.29, 1.82) is 0 Å².